The van der Waals surface area contributed by atoms with Gasteiger partial charge in [0.15, 0.2) is 0 Å². The van der Waals surface area contributed by atoms with Crippen molar-refractivity contribution in [2.45, 2.75) is 19.4 Å². The van der Waals surface area contributed by atoms with Gasteiger partial charge in [-0.15, -0.1) is 0 Å². The number of piperazine rings is 1. The third-order valence-corrected chi connectivity index (χ3v) is 2.68. The molecule has 1 aromatic rings. The van der Waals surface area contributed by atoms with E-state index in [4.69, 9.17) is 4.42 Å². The molecule has 1 fully saturated rings. The van der Waals surface area contributed by atoms with Gasteiger partial charge in [-0.3, -0.25) is 9.59 Å². The SMILES string of the molecule is CC(Cc1ccco1)N1CC(=O)NCC1=O. The predicted molar refractivity (Wildman–Crippen MR) is 56.6 cm³/mol. The van der Waals surface area contributed by atoms with Gasteiger partial charge in [-0.2, -0.15) is 0 Å². The maximum Gasteiger partial charge on any atom is 0.242 e. The van der Waals surface area contributed by atoms with Crippen molar-refractivity contribution in [2.75, 3.05) is 13.1 Å². The van der Waals surface area contributed by atoms with Crippen LogP contribution in [0.3, 0.4) is 0 Å². The Morgan fingerprint density at radius 3 is 3.06 bits per heavy atom. The Bertz CT molecular complexity index is 386. The lowest BCUT2D eigenvalue weighted by molar-refractivity contribution is -0.142. The number of hydrogen-bond acceptors (Lipinski definition) is 3. The molecule has 1 saturated heterocycles. The molecule has 86 valence electrons. The van der Waals surface area contributed by atoms with Crippen molar-refractivity contribution in [3.05, 3.63) is 24.2 Å². The number of rotatable bonds is 3. The summed E-state index contributed by atoms with van der Waals surface area (Å²) < 4.78 is 5.22. The normalized spacial score (nSPS) is 18.4. The molecular formula is C11H14N2O3. The highest BCUT2D eigenvalue weighted by molar-refractivity contribution is 5.92. The highest BCUT2D eigenvalue weighted by atomic mass is 16.3. The molecule has 16 heavy (non-hydrogen) atoms. The fourth-order valence-corrected chi connectivity index (χ4v) is 1.81. The number of nitrogens with one attached hydrogen (secondary N) is 1. The molecule has 0 spiro atoms. The third kappa shape index (κ3) is 2.24. The molecule has 5 heteroatoms. The molecule has 1 aliphatic heterocycles. The predicted octanol–water partition coefficient (Wildman–Crippen LogP) is 0.169. The standard InChI is InChI=1S/C11H14N2O3/c1-8(5-9-3-2-4-16-9)13-7-10(14)12-6-11(13)15/h2-4,8H,5-7H2,1H3,(H,12,14). The first-order chi connectivity index (χ1) is 7.66. The van der Waals surface area contributed by atoms with Gasteiger partial charge in [0.05, 0.1) is 19.4 Å². The lowest BCUT2D eigenvalue weighted by Gasteiger charge is -2.31. The smallest absolute Gasteiger partial charge is 0.242 e. The Balaban J connectivity index is 2.00. The summed E-state index contributed by atoms with van der Waals surface area (Å²) in [6.45, 7) is 2.15. The second kappa shape index (κ2) is 4.38. The van der Waals surface area contributed by atoms with Crippen LogP contribution in [0.1, 0.15) is 12.7 Å². The Morgan fingerprint density at radius 2 is 2.38 bits per heavy atom. The molecule has 0 radical (unpaired) electrons. The fourth-order valence-electron chi connectivity index (χ4n) is 1.81. The van der Waals surface area contributed by atoms with Gasteiger partial charge in [0.2, 0.25) is 11.8 Å². The van der Waals surface area contributed by atoms with Gasteiger partial charge in [0.1, 0.15) is 5.76 Å². The molecule has 0 aliphatic carbocycles. The Kier molecular flexibility index (Phi) is 2.94. The zero-order chi connectivity index (χ0) is 11.5. The van der Waals surface area contributed by atoms with Crippen LogP contribution in [0.5, 0.6) is 0 Å². The summed E-state index contributed by atoms with van der Waals surface area (Å²) in [4.78, 5) is 24.4. The van der Waals surface area contributed by atoms with Crippen LogP contribution in [-0.2, 0) is 16.0 Å². The quantitative estimate of drug-likeness (QED) is 0.793. The molecule has 2 amide bonds. The van der Waals surface area contributed by atoms with Crippen molar-refractivity contribution in [1.82, 2.24) is 10.2 Å². The van der Waals surface area contributed by atoms with Gasteiger partial charge < -0.3 is 14.6 Å². The monoisotopic (exact) mass is 222 g/mol. The van der Waals surface area contributed by atoms with Crippen molar-refractivity contribution < 1.29 is 14.0 Å². The van der Waals surface area contributed by atoms with Crippen molar-refractivity contribution in [3.63, 3.8) is 0 Å². The molecule has 1 aromatic heterocycles. The van der Waals surface area contributed by atoms with E-state index in [1.54, 1.807) is 11.2 Å². The molecule has 1 unspecified atom stereocenters. The van der Waals surface area contributed by atoms with Gasteiger partial charge in [-0.05, 0) is 19.1 Å². The summed E-state index contributed by atoms with van der Waals surface area (Å²) in [5.74, 6) is 0.677. The van der Waals surface area contributed by atoms with Crippen LogP contribution in [0.25, 0.3) is 0 Å². The van der Waals surface area contributed by atoms with Gasteiger partial charge >= 0.3 is 0 Å². The van der Waals surface area contributed by atoms with Crippen LogP contribution in [0.2, 0.25) is 0 Å². The molecule has 2 rings (SSSR count). The Hall–Kier alpha value is -1.78. The van der Waals surface area contributed by atoms with Crippen molar-refractivity contribution in [2.24, 2.45) is 0 Å². The van der Waals surface area contributed by atoms with Crippen molar-refractivity contribution >= 4 is 11.8 Å². The molecule has 0 aromatic carbocycles. The van der Waals surface area contributed by atoms with Crippen LogP contribution in [0, 0.1) is 0 Å². The van der Waals surface area contributed by atoms with Gasteiger partial charge in [-0.25, -0.2) is 0 Å². The Morgan fingerprint density at radius 1 is 1.56 bits per heavy atom. The lowest BCUT2D eigenvalue weighted by atomic mass is 10.1. The van der Waals surface area contributed by atoms with Crippen LogP contribution >= 0.6 is 0 Å². The van der Waals surface area contributed by atoms with Gasteiger partial charge in [0, 0.05) is 12.5 Å². The number of carbonyl (C=O) groups excluding carboxylic acids is 2. The van der Waals surface area contributed by atoms with E-state index < -0.39 is 0 Å². The molecule has 0 bridgehead atoms. The summed E-state index contributed by atoms with van der Waals surface area (Å²) in [5, 5.41) is 2.52. The van der Waals surface area contributed by atoms with E-state index in [0.29, 0.717) is 6.42 Å². The third-order valence-electron chi connectivity index (χ3n) is 2.68. The second-order valence-electron chi connectivity index (χ2n) is 3.93. The summed E-state index contributed by atoms with van der Waals surface area (Å²) >= 11 is 0. The maximum absolute atomic E-state index is 11.6. The summed E-state index contributed by atoms with van der Waals surface area (Å²) in [6.07, 6.45) is 2.23. The topological polar surface area (TPSA) is 62.6 Å². The lowest BCUT2D eigenvalue weighted by Crippen LogP contribution is -2.54. The summed E-state index contributed by atoms with van der Waals surface area (Å²) in [7, 11) is 0. The summed E-state index contributed by atoms with van der Waals surface area (Å²) in [6, 6.07) is 3.65. The van der Waals surface area contributed by atoms with Gasteiger partial charge in [0.25, 0.3) is 0 Å². The number of carbonyl (C=O) groups is 2. The maximum atomic E-state index is 11.6. The van der Waals surface area contributed by atoms with Crippen molar-refractivity contribution in [3.8, 4) is 0 Å². The molecule has 1 aliphatic rings. The highest BCUT2D eigenvalue weighted by Gasteiger charge is 2.27. The first kappa shape index (κ1) is 10.7. The average Bonchev–Trinajstić information content (AvgIpc) is 2.74. The van der Waals surface area contributed by atoms with E-state index in [9.17, 15) is 9.59 Å². The van der Waals surface area contributed by atoms with E-state index in [1.807, 2.05) is 19.1 Å². The van der Waals surface area contributed by atoms with Crippen LogP contribution in [0.15, 0.2) is 22.8 Å². The van der Waals surface area contributed by atoms with Crippen molar-refractivity contribution in [1.29, 1.82) is 0 Å². The summed E-state index contributed by atoms with van der Waals surface area (Å²) in [5.41, 5.74) is 0. The zero-order valence-electron chi connectivity index (χ0n) is 9.10. The van der Waals surface area contributed by atoms with E-state index in [2.05, 4.69) is 5.32 Å². The molecule has 5 nitrogen and oxygen atoms in total. The number of amides is 2. The van der Waals surface area contributed by atoms with Crippen LogP contribution in [-0.4, -0.2) is 35.8 Å². The molecule has 1 atom stereocenters. The van der Waals surface area contributed by atoms with Crippen LogP contribution in [0.4, 0.5) is 0 Å². The molecule has 1 N–H and O–H groups in total. The van der Waals surface area contributed by atoms with E-state index in [1.165, 1.54) is 0 Å². The van der Waals surface area contributed by atoms with E-state index in [0.717, 1.165) is 5.76 Å². The number of furan rings is 1. The number of nitrogens with zero attached hydrogens (tertiary/aromatic N) is 1. The fraction of sp³-hybridized carbons (Fsp3) is 0.455. The minimum absolute atomic E-state index is 0.0234. The first-order valence-corrected chi connectivity index (χ1v) is 5.25. The number of hydrogen-bond donors (Lipinski definition) is 1. The van der Waals surface area contributed by atoms with Gasteiger partial charge in [-0.1, -0.05) is 0 Å². The molecule has 2 heterocycles. The zero-order valence-corrected chi connectivity index (χ0v) is 9.10. The highest BCUT2D eigenvalue weighted by Crippen LogP contribution is 2.10. The first-order valence-electron chi connectivity index (χ1n) is 5.25. The average molecular weight is 222 g/mol. The van der Waals surface area contributed by atoms with E-state index in [-0.39, 0.29) is 30.9 Å². The second-order valence-corrected chi connectivity index (χ2v) is 3.93. The Labute approximate surface area is 93.4 Å². The molecular weight excluding hydrogens is 208 g/mol. The minimum Gasteiger partial charge on any atom is -0.469 e. The molecule has 0 saturated carbocycles. The van der Waals surface area contributed by atoms with E-state index >= 15 is 0 Å². The van der Waals surface area contributed by atoms with Crippen LogP contribution < -0.4 is 5.32 Å². The largest absolute Gasteiger partial charge is 0.469 e. The minimum atomic E-state index is -0.106.